The molecule has 5 heteroatoms. The standard InChI is InChI=1S/C22H28ClNO2S/c1-2-3-4-7-22(25)17-8-10-18(11-9-17)24-13-12-20(23)21(24)16-26-15-19-6-5-14-27-19/h5-6,8-11,14,20-21H,2-4,7,12-13,15-16H2,1H3/t20-,21+/m1/s1. The summed E-state index contributed by atoms with van der Waals surface area (Å²) in [4.78, 5) is 15.8. The highest BCUT2D eigenvalue weighted by Gasteiger charge is 2.33. The van der Waals surface area contributed by atoms with E-state index in [0.717, 1.165) is 43.5 Å². The topological polar surface area (TPSA) is 29.5 Å². The normalized spacial score (nSPS) is 19.6. The van der Waals surface area contributed by atoms with Gasteiger partial charge in [-0.15, -0.1) is 22.9 Å². The number of unbranched alkanes of at least 4 members (excludes halogenated alkanes) is 2. The molecule has 0 spiro atoms. The first kappa shape index (κ1) is 20.4. The Morgan fingerprint density at radius 3 is 2.78 bits per heavy atom. The second-order valence-corrected chi connectivity index (χ2v) is 8.68. The Labute approximate surface area is 171 Å². The molecule has 1 fully saturated rings. The Morgan fingerprint density at radius 2 is 2.07 bits per heavy atom. The monoisotopic (exact) mass is 405 g/mol. The maximum atomic E-state index is 12.3. The number of alkyl halides is 1. The van der Waals surface area contributed by atoms with E-state index in [2.05, 4.69) is 23.3 Å². The van der Waals surface area contributed by atoms with Gasteiger partial charge >= 0.3 is 0 Å². The number of carbonyl (C=O) groups is 1. The molecule has 1 aromatic carbocycles. The highest BCUT2D eigenvalue weighted by Crippen LogP contribution is 2.30. The molecule has 1 aromatic heterocycles. The van der Waals surface area contributed by atoms with Crippen molar-refractivity contribution in [3.8, 4) is 0 Å². The summed E-state index contributed by atoms with van der Waals surface area (Å²) in [5, 5.41) is 2.15. The Morgan fingerprint density at radius 1 is 1.26 bits per heavy atom. The zero-order valence-electron chi connectivity index (χ0n) is 15.9. The van der Waals surface area contributed by atoms with Gasteiger partial charge in [-0.2, -0.15) is 0 Å². The van der Waals surface area contributed by atoms with E-state index >= 15 is 0 Å². The number of hydrogen-bond acceptors (Lipinski definition) is 4. The van der Waals surface area contributed by atoms with Crippen LogP contribution in [0.5, 0.6) is 0 Å². The van der Waals surface area contributed by atoms with Crippen molar-refractivity contribution in [2.45, 2.75) is 57.1 Å². The number of ketones is 1. The number of thiophene rings is 1. The van der Waals surface area contributed by atoms with Crippen molar-refractivity contribution in [2.75, 3.05) is 18.1 Å². The van der Waals surface area contributed by atoms with Crippen LogP contribution in [0.4, 0.5) is 5.69 Å². The van der Waals surface area contributed by atoms with Crippen LogP contribution >= 0.6 is 22.9 Å². The highest BCUT2D eigenvalue weighted by molar-refractivity contribution is 7.09. The van der Waals surface area contributed by atoms with Crippen LogP contribution < -0.4 is 4.90 Å². The van der Waals surface area contributed by atoms with Crippen LogP contribution in [0.3, 0.4) is 0 Å². The largest absolute Gasteiger partial charge is 0.374 e. The minimum atomic E-state index is 0.0867. The van der Waals surface area contributed by atoms with Gasteiger partial charge in [0.25, 0.3) is 0 Å². The molecule has 27 heavy (non-hydrogen) atoms. The van der Waals surface area contributed by atoms with Gasteiger partial charge in [0.1, 0.15) is 0 Å². The summed E-state index contributed by atoms with van der Waals surface area (Å²) in [6.45, 7) is 4.32. The number of carbonyl (C=O) groups excluding carboxylic acids is 1. The zero-order chi connectivity index (χ0) is 19.1. The van der Waals surface area contributed by atoms with E-state index < -0.39 is 0 Å². The van der Waals surface area contributed by atoms with E-state index in [1.54, 1.807) is 11.3 Å². The van der Waals surface area contributed by atoms with E-state index in [4.69, 9.17) is 16.3 Å². The molecular formula is C22H28ClNO2S. The van der Waals surface area contributed by atoms with Crippen LogP contribution in [0, 0.1) is 0 Å². The molecule has 0 N–H and O–H groups in total. The van der Waals surface area contributed by atoms with Gasteiger partial charge in [-0.05, 0) is 48.6 Å². The summed E-state index contributed by atoms with van der Waals surface area (Å²) in [7, 11) is 0. The fourth-order valence-electron chi connectivity index (χ4n) is 3.52. The molecule has 3 rings (SSSR count). The number of ether oxygens (including phenoxy) is 1. The van der Waals surface area contributed by atoms with Crippen molar-refractivity contribution in [2.24, 2.45) is 0 Å². The average Bonchev–Trinajstić information content (AvgIpc) is 3.32. The minimum absolute atomic E-state index is 0.0867. The Balaban J connectivity index is 1.57. The molecule has 2 aromatic rings. The van der Waals surface area contributed by atoms with Gasteiger partial charge in [-0.1, -0.05) is 25.8 Å². The lowest BCUT2D eigenvalue weighted by Gasteiger charge is -2.28. The summed E-state index contributed by atoms with van der Waals surface area (Å²) < 4.78 is 5.93. The molecule has 2 heterocycles. The number of halogens is 1. The lowest BCUT2D eigenvalue weighted by atomic mass is 10.0. The zero-order valence-corrected chi connectivity index (χ0v) is 17.5. The summed E-state index contributed by atoms with van der Waals surface area (Å²) >= 11 is 8.27. The molecule has 0 unspecified atom stereocenters. The van der Waals surface area contributed by atoms with Gasteiger partial charge in [0.15, 0.2) is 5.78 Å². The summed E-state index contributed by atoms with van der Waals surface area (Å²) in [5.41, 5.74) is 1.93. The Hall–Kier alpha value is -1.36. The minimum Gasteiger partial charge on any atom is -0.374 e. The van der Waals surface area contributed by atoms with E-state index in [1.807, 2.05) is 30.3 Å². The van der Waals surface area contributed by atoms with Crippen molar-refractivity contribution in [1.82, 2.24) is 0 Å². The molecule has 0 saturated carbocycles. The first-order chi connectivity index (χ1) is 13.2. The molecule has 3 nitrogen and oxygen atoms in total. The molecule has 0 aliphatic carbocycles. The number of anilines is 1. The second-order valence-electron chi connectivity index (χ2n) is 7.09. The third kappa shape index (κ3) is 5.56. The van der Waals surface area contributed by atoms with Crippen molar-refractivity contribution in [1.29, 1.82) is 0 Å². The number of rotatable bonds is 10. The van der Waals surface area contributed by atoms with Crippen LogP contribution in [0.1, 0.15) is 54.3 Å². The van der Waals surface area contributed by atoms with Gasteiger partial charge in [0, 0.05) is 29.1 Å². The molecule has 0 radical (unpaired) electrons. The van der Waals surface area contributed by atoms with Gasteiger partial charge in [-0.3, -0.25) is 4.79 Å². The van der Waals surface area contributed by atoms with Gasteiger partial charge < -0.3 is 9.64 Å². The summed E-state index contributed by atoms with van der Waals surface area (Å²) in [5.74, 6) is 0.238. The first-order valence-electron chi connectivity index (χ1n) is 9.83. The van der Waals surface area contributed by atoms with Crippen molar-refractivity contribution in [3.63, 3.8) is 0 Å². The number of hydrogen-bond donors (Lipinski definition) is 0. The SMILES string of the molecule is CCCCCC(=O)c1ccc(N2CC[C@@H](Cl)[C@@H]2COCc2cccs2)cc1. The van der Waals surface area contributed by atoms with Crippen LogP contribution in [0.15, 0.2) is 41.8 Å². The highest BCUT2D eigenvalue weighted by atomic mass is 35.5. The van der Waals surface area contributed by atoms with Crippen molar-refractivity contribution < 1.29 is 9.53 Å². The first-order valence-corrected chi connectivity index (χ1v) is 11.1. The van der Waals surface area contributed by atoms with Crippen LogP contribution in [0.2, 0.25) is 0 Å². The maximum absolute atomic E-state index is 12.3. The third-order valence-electron chi connectivity index (χ3n) is 5.10. The lowest BCUT2D eigenvalue weighted by molar-refractivity contribution is 0.0979. The molecule has 146 valence electrons. The predicted octanol–water partition coefficient (Wildman–Crippen LogP) is 5.91. The molecule has 1 aliphatic heterocycles. The Bertz CT molecular complexity index is 702. The number of nitrogens with zero attached hydrogens (tertiary/aromatic N) is 1. The van der Waals surface area contributed by atoms with Gasteiger partial charge in [0.05, 0.1) is 24.6 Å². The molecule has 2 atom stereocenters. The number of Topliss-reactive ketones (excluding diaryl/α,β-unsaturated/α-hetero) is 1. The third-order valence-corrected chi connectivity index (χ3v) is 6.46. The lowest BCUT2D eigenvalue weighted by Crippen LogP contribution is -2.37. The summed E-state index contributed by atoms with van der Waals surface area (Å²) in [6.07, 6.45) is 4.81. The van der Waals surface area contributed by atoms with Crippen molar-refractivity contribution in [3.05, 3.63) is 52.2 Å². The summed E-state index contributed by atoms with van der Waals surface area (Å²) in [6, 6.07) is 12.3. The molecule has 0 bridgehead atoms. The molecule has 0 amide bonds. The van der Waals surface area contributed by atoms with E-state index in [1.165, 1.54) is 4.88 Å². The quantitative estimate of drug-likeness (QED) is 0.279. The molecule has 1 aliphatic rings. The molecule has 1 saturated heterocycles. The van der Waals surface area contributed by atoms with E-state index in [9.17, 15) is 4.79 Å². The average molecular weight is 406 g/mol. The van der Waals surface area contributed by atoms with Gasteiger partial charge in [0.2, 0.25) is 0 Å². The fourth-order valence-corrected chi connectivity index (χ4v) is 4.47. The van der Waals surface area contributed by atoms with Crippen LogP contribution in [0.25, 0.3) is 0 Å². The smallest absolute Gasteiger partial charge is 0.162 e. The van der Waals surface area contributed by atoms with Crippen molar-refractivity contribution >= 4 is 34.4 Å². The number of benzene rings is 1. The van der Waals surface area contributed by atoms with Crippen LogP contribution in [-0.4, -0.2) is 30.4 Å². The predicted molar refractivity (Wildman–Crippen MR) is 114 cm³/mol. The Kier molecular flexibility index (Phi) is 7.74. The van der Waals surface area contributed by atoms with E-state index in [-0.39, 0.29) is 17.2 Å². The fraction of sp³-hybridized carbons (Fsp3) is 0.500. The second kappa shape index (κ2) is 10.3. The van der Waals surface area contributed by atoms with E-state index in [0.29, 0.717) is 19.6 Å². The maximum Gasteiger partial charge on any atom is 0.162 e. The molecular weight excluding hydrogens is 378 g/mol. The van der Waals surface area contributed by atoms with Crippen LogP contribution in [-0.2, 0) is 11.3 Å². The van der Waals surface area contributed by atoms with Gasteiger partial charge in [-0.25, -0.2) is 0 Å².